The van der Waals surface area contributed by atoms with Crippen LogP contribution in [0.2, 0.25) is 0 Å². The summed E-state index contributed by atoms with van der Waals surface area (Å²) in [4.78, 5) is 11.4. The lowest BCUT2D eigenvalue weighted by Gasteiger charge is -2.05. The summed E-state index contributed by atoms with van der Waals surface area (Å²) >= 11 is 1.97. The molecule has 1 aromatic rings. The summed E-state index contributed by atoms with van der Waals surface area (Å²) in [5.74, 6) is -0.100. The van der Waals surface area contributed by atoms with E-state index in [9.17, 15) is 13.6 Å². The van der Waals surface area contributed by atoms with Crippen molar-refractivity contribution in [3.05, 3.63) is 32.9 Å². The maximum Gasteiger partial charge on any atom is 0.263 e. The van der Waals surface area contributed by atoms with Crippen molar-refractivity contribution in [3.8, 4) is 0 Å². The fourth-order valence-electron chi connectivity index (χ4n) is 1.08. The second kappa shape index (κ2) is 4.82. The van der Waals surface area contributed by atoms with Gasteiger partial charge in [0.1, 0.15) is 0 Å². The second-order valence-electron chi connectivity index (χ2n) is 2.82. The summed E-state index contributed by atoms with van der Waals surface area (Å²) in [6.07, 6.45) is -2.18. The summed E-state index contributed by atoms with van der Waals surface area (Å²) < 4.78 is 25.4. The van der Waals surface area contributed by atoms with Crippen LogP contribution in [0.5, 0.6) is 0 Å². The summed E-state index contributed by atoms with van der Waals surface area (Å²) in [5.41, 5.74) is 0.299. The van der Waals surface area contributed by atoms with E-state index in [2.05, 4.69) is 0 Å². The van der Waals surface area contributed by atoms with Gasteiger partial charge in [-0.25, -0.2) is 8.78 Å². The lowest BCUT2D eigenvalue weighted by molar-refractivity contribution is 0.0986. The Labute approximate surface area is 94.6 Å². The van der Waals surface area contributed by atoms with Crippen molar-refractivity contribution in [2.45, 2.75) is 19.8 Å². The highest BCUT2D eigenvalue weighted by molar-refractivity contribution is 14.1. The summed E-state index contributed by atoms with van der Waals surface area (Å²) in [6, 6.07) is 4.17. The molecule has 4 heteroatoms. The van der Waals surface area contributed by atoms with Crippen LogP contribution >= 0.6 is 22.6 Å². The van der Waals surface area contributed by atoms with Crippen LogP contribution in [-0.2, 0) is 0 Å². The van der Waals surface area contributed by atoms with Crippen LogP contribution < -0.4 is 0 Å². The van der Waals surface area contributed by atoms with Gasteiger partial charge in [0, 0.05) is 21.1 Å². The van der Waals surface area contributed by atoms with Crippen molar-refractivity contribution < 1.29 is 13.6 Å². The molecule has 0 saturated carbocycles. The molecule has 0 aliphatic carbocycles. The number of hydrogen-bond donors (Lipinski definition) is 0. The van der Waals surface area contributed by atoms with E-state index in [0.717, 1.165) is 3.57 Å². The van der Waals surface area contributed by atoms with E-state index in [1.165, 1.54) is 12.1 Å². The minimum atomic E-state index is -2.52. The van der Waals surface area contributed by atoms with Crippen molar-refractivity contribution in [2.24, 2.45) is 0 Å². The average molecular weight is 310 g/mol. The largest absolute Gasteiger partial charge is 0.294 e. The molecular formula is C10H9F2IO. The lowest BCUT2D eigenvalue weighted by Crippen LogP contribution is -2.01. The first kappa shape index (κ1) is 11.6. The molecule has 0 aliphatic rings. The predicted molar refractivity (Wildman–Crippen MR) is 58.7 cm³/mol. The molecular weight excluding hydrogens is 301 g/mol. The number of hydrogen-bond acceptors (Lipinski definition) is 1. The standard InChI is InChI=1S/C10H9F2IO/c1-2-9(14)7-5-6(10(11)12)3-4-8(7)13/h3-5,10H,2H2,1H3. The molecule has 0 spiro atoms. The molecule has 0 fully saturated rings. The summed E-state index contributed by atoms with van der Waals surface area (Å²) in [5, 5.41) is 0. The minimum Gasteiger partial charge on any atom is -0.294 e. The topological polar surface area (TPSA) is 17.1 Å². The molecule has 1 nitrogen and oxygen atoms in total. The van der Waals surface area contributed by atoms with Gasteiger partial charge in [-0.3, -0.25) is 4.79 Å². The van der Waals surface area contributed by atoms with Gasteiger partial charge in [0.05, 0.1) is 0 Å². The maximum atomic E-state index is 12.3. The van der Waals surface area contributed by atoms with E-state index in [1.807, 2.05) is 22.6 Å². The Balaban J connectivity index is 3.15. The first-order valence-electron chi connectivity index (χ1n) is 4.17. The van der Waals surface area contributed by atoms with Crippen molar-refractivity contribution in [1.29, 1.82) is 0 Å². The Morgan fingerprint density at radius 2 is 2.14 bits per heavy atom. The van der Waals surface area contributed by atoms with Crippen molar-refractivity contribution in [2.75, 3.05) is 0 Å². The molecule has 0 aliphatic heterocycles. The molecule has 0 radical (unpaired) electrons. The SMILES string of the molecule is CCC(=O)c1cc(C(F)F)ccc1I. The molecule has 0 heterocycles. The van der Waals surface area contributed by atoms with Crippen LogP contribution in [0, 0.1) is 3.57 Å². The van der Waals surface area contributed by atoms with Crippen molar-refractivity contribution >= 4 is 28.4 Å². The number of ketones is 1. The molecule has 1 rings (SSSR count). The molecule has 0 amide bonds. The third-order valence-corrected chi connectivity index (χ3v) is 2.80. The van der Waals surface area contributed by atoms with Crippen molar-refractivity contribution in [3.63, 3.8) is 0 Å². The quantitative estimate of drug-likeness (QED) is 0.613. The molecule has 76 valence electrons. The van der Waals surface area contributed by atoms with E-state index in [0.29, 0.717) is 12.0 Å². The molecule has 0 saturated heterocycles. The minimum absolute atomic E-state index is 0.0952. The first-order chi connectivity index (χ1) is 6.56. The zero-order valence-electron chi connectivity index (χ0n) is 7.56. The number of benzene rings is 1. The summed E-state index contributed by atoms with van der Waals surface area (Å²) in [7, 11) is 0. The lowest BCUT2D eigenvalue weighted by atomic mass is 10.1. The highest BCUT2D eigenvalue weighted by Crippen LogP contribution is 2.23. The van der Waals surface area contributed by atoms with Gasteiger partial charge < -0.3 is 0 Å². The van der Waals surface area contributed by atoms with Gasteiger partial charge in [0.2, 0.25) is 0 Å². The predicted octanol–water partition coefficient (Wildman–Crippen LogP) is 3.82. The number of alkyl halides is 2. The highest BCUT2D eigenvalue weighted by atomic mass is 127. The normalized spacial score (nSPS) is 10.6. The molecule has 0 atom stereocenters. The molecule has 0 bridgehead atoms. The van der Waals surface area contributed by atoms with E-state index < -0.39 is 6.43 Å². The smallest absolute Gasteiger partial charge is 0.263 e. The number of halogens is 3. The molecule has 14 heavy (non-hydrogen) atoms. The van der Waals surface area contributed by atoms with Gasteiger partial charge >= 0.3 is 0 Å². The molecule has 0 N–H and O–H groups in total. The maximum absolute atomic E-state index is 12.3. The third kappa shape index (κ3) is 2.50. The Bertz CT molecular complexity index is 350. The van der Waals surface area contributed by atoms with Crippen LogP contribution in [-0.4, -0.2) is 5.78 Å². The average Bonchev–Trinajstić information content (AvgIpc) is 2.17. The number of carbonyl (C=O) groups is 1. The molecule has 1 aromatic carbocycles. The Morgan fingerprint density at radius 3 is 2.64 bits per heavy atom. The van der Waals surface area contributed by atoms with Crippen molar-refractivity contribution in [1.82, 2.24) is 0 Å². The highest BCUT2D eigenvalue weighted by Gasteiger charge is 2.13. The van der Waals surface area contributed by atoms with Gasteiger partial charge in [-0.1, -0.05) is 13.0 Å². The second-order valence-corrected chi connectivity index (χ2v) is 3.98. The molecule has 0 aromatic heterocycles. The van der Waals surface area contributed by atoms with Crippen LogP contribution in [0.15, 0.2) is 18.2 Å². The van der Waals surface area contributed by atoms with Crippen LogP contribution in [0.1, 0.15) is 35.7 Å². The van der Waals surface area contributed by atoms with E-state index in [1.54, 1.807) is 13.0 Å². The van der Waals surface area contributed by atoms with Crippen LogP contribution in [0.25, 0.3) is 0 Å². The monoisotopic (exact) mass is 310 g/mol. The van der Waals surface area contributed by atoms with Gasteiger partial charge in [0.15, 0.2) is 5.78 Å². The first-order valence-corrected chi connectivity index (χ1v) is 5.25. The third-order valence-electron chi connectivity index (χ3n) is 1.86. The fourth-order valence-corrected chi connectivity index (χ4v) is 1.72. The Kier molecular flexibility index (Phi) is 3.97. The van der Waals surface area contributed by atoms with Gasteiger partial charge in [-0.2, -0.15) is 0 Å². The zero-order chi connectivity index (χ0) is 10.7. The van der Waals surface area contributed by atoms with Gasteiger partial charge in [-0.15, -0.1) is 0 Å². The van der Waals surface area contributed by atoms with Crippen LogP contribution in [0.4, 0.5) is 8.78 Å². The van der Waals surface area contributed by atoms with E-state index in [4.69, 9.17) is 0 Å². The number of Topliss-reactive ketones (excluding diaryl/α,β-unsaturated/α-hetero) is 1. The number of carbonyl (C=O) groups excluding carboxylic acids is 1. The van der Waals surface area contributed by atoms with Crippen LogP contribution in [0.3, 0.4) is 0 Å². The summed E-state index contributed by atoms with van der Waals surface area (Å²) in [6.45, 7) is 1.72. The van der Waals surface area contributed by atoms with E-state index >= 15 is 0 Å². The Morgan fingerprint density at radius 1 is 1.50 bits per heavy atom. The fraction of sp³-hybridized carbons (Fsp3) is 0.300. The molecule has 0 unspecified atom stereocenters. The van der Waals surface area contributed by atoms with Gasteiger partial charge in [-0.05, 0) is 34.7 Å². The Hall–Kier alpha value is -0.520. The van der Waals surface area contributed by atoms with E-state index in [-0.39, 0.29) is 11.3 Å². The number of rotatable bonds is 3. The zero-order valence-corrected chi connectivity index (χ0v) is 9.72. The van der Waals surface area contributed by atoms with Gasteiger partial charge in [0.25, 0.3) is 6.43 Å².